The van der Waals surface area contributed by atoms with Crippen LogP contribution in [0.5, 0.6) is 0 Å². The Bertz CT molecular complexity index is 1120. The first kappa shape index (κ1) is 16.5. The molecule has 0 amide bonds. The van der Waals surface area contributed by atoms with Crippen LogP contribution in [0.25, 0.3) is 21.9 Å². The van der Waals surface area contributed by atoms with E-state index >= 15 is 0 Å². The van der Waals surface area contributed by atoms with Crippen LogP contribution >= 0.6 is 11.3 Å². The van der Waals surface area contributed by atoms with Crippen molar-refractivity contribution in [1.29, 1.82) is 5.26 Å². The molecule has 124 valence electrons. The zero-order chi connectivity index (χ0) is 18.1. The number of nitriles is 1. The second-order valence-corrected chi connectivity index (χ2v) is 6.60. The molecule has 0 aliphatic carbocycles. The molecule has 0 aliphatic heterocycles. The molecule has 7 nitrogen and oxygen atoms in total. The Morgan fingerprint density at radius 3 is 2.64 bits per heavy atom. The summed E-state index contributed by atoms with van der Waals surface area (Å²) in [5.41, 5.74) is 1.35. The third-order valence-electron chi connectivity index (χ3n) is 3.83. The van der Waals surface area contributed by atoms with E-state index < -0.39 is 4.92 Å². The van der Waals surface area contributed by atoms with E-state index in [1.54, 1.807) is 0 Å². The van der Waals surface area contributed by atoms with Crippen LogP contribution in [0.2, 0.25) is 0 Å². The minimum atomic E-state index is -0.493. The number of nitro groups is 1. The third-order valence-corrected chi connectivity index (χ3v) is 4.93. The zero-order valence-electron chi connectivity index (χ0n) is 13.4. The maximum absolute atomic E-state index is 12.3. The molecule has 0 saturated carbocycles. The van der Waals surface area contributed by atoms with Gasteiger partial charge in [0.25, 0.3) is 11.2 Å². The Labute approximate surface area is 146 Å². The van der Waals surface area contributed by atoms with Crippen molar-refractivity contribution >= 4 is 38.9 Å². The average molecular weight is 352 g/mol. The standard InChI is InChI=1S/C17H12N4O3S/c1-9-10(2)25-17-14(9)16(22)19-15(20-17)12(8-18)7-11-3-5-13(6-4-11)21(23)24/h3-7H,1-2H3,(H,19,20,22)/b12-7-. The number of aryl methyl sites for hydroxylation is 2. The molecule has 1 N–H and O–H groups in total. The topological polar surface area (TPSA) is 113 Å². The SMILES string of the molecule is Cc1sc2nc(/C(C#N)=C\c3ccc([N+](=O)[O-])cc3)[nH]c(=O)c2c1C. The highest BCUT2D eigenvalue weighted by Crippen LogP contribution is 2.27. The first-order valence-electron chi connectivity index (χ1n) is 7.27. The Kier molecular flexibility index (Phi) is 4.17. The molecule has 25 heavy (non-hydrogen) atoms. The summed E-state index contributed by atoms with van der Waals surface area (Å²) in [4.78, 5) is 31.2. The molecular weight excluding hydrogens is 340 g/mol. The number of aromatic nitrogens is 2. The summed E-state index contributed by atoms with van der Waals surface area (Å²) in [5.74, 6) is 0.180. The summed E-state index contributed by atoms with van der Waals surface area (Å²) in [6.07, 6.45) is 1.53. The van der Waals surface area contributed by atoms with Gasteiger partial charge in [0.15, 0.2) is 5.82 Å². The molecule has 0 spiro atoms. The molecule has 2 aromatic heterocycles. The summed E-state index contributed by atoms with van der Waals surface area (Å²) in [6.45, 7) is 3.78. The zero-order valence-corrected chi connectivity index (χ0v) is 14.2. The molecule has 0 aliphatic rings. The van der Waals surface area contributed by atoms with Gasteiger partial charge in [-0.05, 0) is 43.2 Å². The van der Waals surface area contributed by atoms with Gasteiger partial charge in [0.1, 0.15) is 10.9 Å². The molecule has 0 bridgehead atoms. The van der Waals surface area contributed by atoms with Crippen LogP contribution in [0.15, 0.2) is 29.1 Å². The van der Waals surface area contributed by atoms with Crippen molar-refractivity contribution in [3.8, 4) is 6.07 Å². The molecule has 2 heterocycles. The highest BCUT2D eigenvalue weighted by atomic mass is 32.1. The normalized spacial score (nSPS) is 11.5. The number of nitrogens with zero attached hydrogens (tertiary/aromatic N) is 3. The number of nitrogens with one attached hydrogen (secondary N) is 1. The molecule has 0 atom stereocenters. The lowest BCUT2D eigenvalue weighted by Gasteiger charge is -2.00. The number of aromatic amines is 1. The number of benzene rings is 1. The lowest BCUT2D eigenvalue weighted by atomic mass is 10.1. The van der Waals surface area contributed by atoms with E-state index in [2.05, 4.69) is 9.97 Å². The van der Waals surface area contributed by atoms with Gasteiger partial charge in [0.05, 0.1) is 15.9 Å². The van der Waals surface area contributed by atoms with E-state index in [4.69, 9.17) is 0 Å². The Morgan fingerprint density at radius 1 is 1.36 bits per heavy atom. The van der Waals surface area contributed by atoms with E-state index in [0.29, 0.717) is 15.8 Å². The van der Waals surface area contributed by atoms with Crippen LogP contribution in [0.1, 0.15) is 21.8 Å². The third kappa shape index (κ3) is 3.05. The van der Waals surface area contributed by atoms with Gasteiger partial charge in [0.2, 0.25) is 0 Å². The number of H-pyrrole nitrogens is 1. The van der Waals surface area contributed by atoms with E-state index in [1.807, 2.05) is 19.9 Å². The van der Waals surface area contributed by atoms with Crippen LogP contribution in [0.3, 0.4) is 0 Å². The summed E-state index contributed by atoms with van der Waals surface area (Å²) >= 11 is 1.40. The van der Waals surface area contributed by atoms with Crippen molar-refractivity contribution in [2.45, 2.75) is 13.8 Å². The summed E-state index contributed by atoms with van der Waals surface area (Å²) < 4.78 is 0. The predicted octanol–water partition coefficient (Wildman–Crippen LogP) is 3.57. The van der Waals surface area contributed by atoms with Crippen LogP contribution in [0.4, 0.5) is 5.69 Å². The molecule has 0 saturated heterocycles. The average Bonchev–Trinajstić information content (AvgIpc) is 2.87. The maximum atomic E-state index is 12.3. The highest BCUT2D eigenvalue weighted by Gasteiger charge is 2.14. The number of non-ortho nitro benzene ring substituents is 1. The van der Waals surface area contributed by atoms with Crippen molar-refractivity contribution in [2.24, 2.45) is 0 Å². The molecule has 8 heteroatoms. The summed E-state index contributed by atoms with van der Waals surface area (Å²) in [7, 11) is 0. The minimum absolute atomic E-state index is 0.0341. The van der Waals surface area contributed by atoms with Gasteiger partial charge < -0.3 is 4.98 Å². The number of rotatable bonds is 3. The molecule has 1 aromatic carbocycles. The van der Waals surface area contributed by atoms with Gasteiger partial charge in [-0.3, -0.25) is 14.9 Å². The molecular formula is C17H12N4O3S. The molecule has 3 aromatic rings. The van der Waals surface area contributed by atoms with Crippen molar-refractivity contribution in [1.82, 2.24) is 9.97 Å². The van der Waals surface area contributed by atoms with E-state index in [1.165, 1.54) is 41.7 Å². The second kappa shape index (κ2) is 6.30. The Morgan fingerprint density at radius 2 is 2.04 bits per heavy atom. The van der Waals surface area contributed by atoms with Gasteiger partial charge in [-0.2, -0.15) is 5.26 Å². The van der Waals surface area contributed by atoms with Crippen molar-refractivity contribution in [3.05, 3.63) is 66.6 Å². The molecule has 0 unspecified atom stereocenters. The molecule has 0 fully saturated rings. The van der Waals surface area contributed by atoms with Gasteiger partial charge in [0, 0.05) is 17.0 Å². The monoisotopic (exact) mass is 352 g/mol. The summed E-state index contributed by atoms with van der Waals surface area (Å²) in [5, 5.41) is 20.7. The van der Waals surface area contributed by atoms with Gasteiger partial charge >= 0.3 is 0 Å². The quantitative estimate of drug-likeness (QED) is 0.440. The van der Waals surface area contributed by atoms with Gasteiger partial charge in [-0.1, -0.05) is 0 Å². The fourth-order valence-corrected chi connectivity index (χ4v) is 3.42. The lowest BCUT2D eigenvalue weighted by Crippen LogP contribution is -2.10. The number of hydrogen-bond acceptors (Lipinski definition) is 6. The number of allylic oxidation sites excluding steroid dienone is 1. The number of thiophene rings is 1. The van der Waals surface area contributed by atoms with Gasteiger partial charge in [-0.15, -0.1) is 11.3 Å². The number of nitro benzene ring substituents is 1. The van der Waals surface area contributed by atoms with Gasteiger partial charge in [-0.25, -0.2) is 4.98 Å². The second-order valence-electron chi connectivity index (χ2n) is 5.40. The molecule has 3 rings (SSSR count). The van der Waals surface area contributed by atoms with Crippen LogP contribution in [-0.4, -0.2) is 14.9 Å². The highest BCUT2D eigenvalue weighted by molar-refractivity contribution is 7.18. The van der Waals surface area contributed by atoms with Crippen LogP contribution in [0, 0.1) is 35.3 Å². The van der Waals surface area contributed by atoms with Crippen molar-refractivity contribution in [3.63, 3.8) is 0 Å². The maximum Gasteiger partial charge on any atom is 0.269 e. The smallest absolute Gasteiger partial charge is 0.269 e. The van der Waals surface area contributed by atoms with Crippen LogP contribution < -0.4 is 5.56 Å². The first-order chi connectivity index (χ1) is 11.9. The van der Waals surface area contributed by atoms with E-state index in [9.17, 15) is 20.2 Å². The molecule has 0 radical (unpaired) electrons. The summed E-state index contributed by atoms with van der Waals surface area (Å²) in [6, 6.07) is 7.79. The van der Waals surface area contributed by atoms with E-state index in [0.717, 1.165) is 10.4 Å². The van der Waals surface area contributed by atoms with Crippen molar-refractivity contribution in [2.75, 3.05) is 0 Å². The lowest BCUT2D eigenvalue weighted by molar-refractivity contribution is -0.384. The minimum Gasteiger partial charge on any atom is -0.305 e. The first-order valence-corrected chi connectivity index (χ1v) is 8.09. The van der Waals surface area contributed by atoms with Crippen molar-refractivity contribution < 1.29 is 4.92 Å². The fourth-order valence-electron chi connectivity index (χ4n) is 2.39. The number of hydrogen-bond donors (Lipinski definition) is 1. The predicted molar refractivity (Wildman–Crippen MR) is 96.3 cm³/mol. The van der Waals surface area contributed by atoms with Crippen LogP contribution in [-0.2, 0) is 0 Å². The Balaban J connectivity index is 2.09. The fraction of sp³-hybridized carbons (Fsp3) is 0.118. The number of fused-ring (bicyclic) bond motifs is 1. The largest absolute Gasteiger partial charge is 0.305 e. The Hall–Kier alpha value is -3.31. The van der Waals surface area contributed by atoms with E-state index in [-0.39, 0.29) is 22.6 Å².